The van der Waals surface area contributed by atoms with Crippen molar-refractivity contribution in [1.82, 2.24) is 14.8 Å². The Morgan fingerprint density at radius 3 is 2.63 bits per heavy atom. The maximum Gasteiger partial charge on any atom is 0.234 e. The summed E-state index contributed by atoms with van der Waals surface area (Å²) in [7, 11) is 0. The highest BCUT2D eigenvalue weighted by Gasteiger charge is 2.20. The summed E-state index contributed by atoms with van der Waals surface area (Å²) in [5.74, 6) is 2.38. The number of amides is 1. The number of aromatic nitrogens is 3. The Kier molecular flexibility index (Phi) is 6.23. The Hall–Kier alpha value is -3.00. The van der Waals surface area contributed by atoms with E-state index >= 15 is 0 Å². The highest BCUT2D eigenvalue weighted by molar-refractivity contribution is 7.99. The van der Waals surface area contributed by atoms with E-state index in [0.717, 1.165) is 35.0 Å². The molecule has 3 aromatic rings. The zero-order valence-corrected chi connectivity index (χ0v) is 17.8. The number of fused-ring (bicyclic) bond motifs is 1. The lowest BCUT2D eigenvalue weighted by atomic mass is 10.2. The molecule has 2 aromatic carbocycles. The number of carbonyl (C=O) groups is 1. The van der Waals surface area contributed by atoms with Crippen LogP contribution in [0.2, 0.25) is 0 Å². The number of nitrogens with one attached hydrogen (secondary N) is 1. The Balaban J connectivity index is 1.52. The number of hydrogen-bond acceptors (Lipinski definition) is 6. The van der Waals surface area contributed by atoms with E-state index in [4.69, 9.17) is 9.47 Å². The van der Waals surface area contributed by atoms with Gasteiger partial charge in [-0.15, -0.1) is 10.2 Å². The summed E-state index contributed by atoms with van der Waals surface area (Å²) in [4.78, 5) is 12.3. The van der Waals surface area contributed by atoms with Crippen molar-refractivity contribution in [3.8, 4) is 22.9 Å². The van der Waals surface area contributed by atoms with E-state index in [-0.39, 0.29) is 17.7 Å². The first-order valence-corrected chi connectivity index (χ1v) is 10.9. The fourth-order valence-corrected chi connectivity index (χ4v) is 4.06. The molecule has 0 atom stereocenters. The summed E-state index contributed by atoms with van der Waals surface area (Å²) in [6.07, 6.45) is 0.859. The third-order valence-electron chi connectivity index (χ3n) is 4.58. The van der Waals surface area contributed by atoms with Gasteiger partial charge in [0.05, 0.1) is 19.0 Å². The van der Waals surface area contributed by atoms with Gasteiger partial charge in [-0.1, -0.05) is 30.0 Å². The van der Waals surface area contributed by atoms with Crippen LogP contribution in [0.25, 0.3) is 11.4 Å². The molecule has 1 N–H and O–H groups in total. The molecule has 7 nitrogen and oxygen atoms in total. The summed E-state index contributed by atoms with van der Waals surface area (Å²) in [5.41, 5.74) is 1.68. The van der Waals surface area contributed by atoms with Crippen molar-refractivity contribution in [3.05, 3.63) is 48.5 Å². The molecule has 1 amide bonds. The van der Waals surface area contributed by atoms with Gasteiger partial charge in [0.15, 0.2) is 22.5 Å². The van der Waals surface area contributed by atoms with Crippen LogP contribution in [0.5, 0.6) is 11.5 Å². The Bertz CT molecular complexity index is 1020. The van der Waals surface area contributed by atoms with Crippen LogP contribution in [0, 0.1) is 0 Å². The van der Waals surface area contributed by atoms with Crippen LogP contribution in [0.1, 0.15) is 26.3 Å². The van der Waals surface area contributed by atoms with Crippen LogP contribution in [0.15, 0.2) is 53.7 Å². The van der Waals surface area contributed by atoms with Gasteiger partial charge in [-0.2, -0.15) is 0 Å². The lowest BCUT2D eigenvalue weighted by molar-refractivity contribution is -0.113. The van der Waals surface area contributed by atoms with Crippen molar-refractivity contribution in [2.75, 3.05) is 24.3 Å². The van der Waals surface area contributed by atoms with Crippen molar-refractivity contribution in [2.45, 2.75) is 31.5 Å². The molecule has 2 heterocycles. The van der Waals surface area contributed by atoms with Gasteiger partial charge in [0.2, 0.25) is 5.91 Å². The number of anilines is 1. The van der Waals surface area contributed by atoms with E-state index in [0.29, 0.717) is 18.4 Å². The molecule has 1 aliphatic heterocycles. The minimum Gasteiger partial charge on any atom is -0.490 e. The van der Waals surface area contributed by atoms with E-state index < -0.39 is 0 Å². The average molecular weight is 425 g/mol. The van der Waals surface area contributed by atoms with Crippen LogP contribution < -0.4 is 14.8 Å². The maximum atomic E-state index is 12.3. The standard InChI is InChI=1S/C22H24N4O3S/c1-15(2)26-21(16-9-10-18-19(13-16)29-12-6-11-28-18)24-25-22(26)30-14-20(27)23-17-7-4-3-5-8-17/h3-5,7-10,13,15H,6,11-12,14H2,1-2H3,(H,23,27). The van der Waals surface area contributed by atoms with Crippen molar-refractivity contribution in [1.29, 1.82) is 0 Å². The van der Waals surface area contributed by atoms with Gasteiger partial charge in [-0.05, 0) is 44.2 Å². The fourth-order valence-electron chi connectivity index (χ4n) is 3.19. The molecule has 0 aliphatic carbocycles. The van der Waals surface area contributed by atoms with Crippen LogP contribution in [-0.2, 0) is 4.79 Å². The number of carbonyl (C=O) groups excluding carboxylic acids is 1. The molecule has 30 heavy (non-hydrogen) atoms. The number of thioether (sulfide) groups is 1. The summed E-state index contributed by atoms with van der Waals surface area (Å²) < 4.78 is 13.6. The first-order chi connectivity index (χ1) is 14.6. The number of hydrogen-bond donors (Lipinski definition) is 1. The number of benzene rings is 2. The highest BCUT2D eigenvalue weighted by Crippen LogP contribution is 2.35. The monoisotopic (exact) mass is 424 g/mol. The highest BCUT2D eigenvalue weighted by atomic mass is 32.2. The van der Waals surface area contributed by atoms with E-state index in [1.807, 2.05) is 53.1 Å². The fraction of sp³-hybridized carbons (Fsp3) is 0.318. The summed E-state index contributed by atoms with van der Waals surface area (Å²) in [6.45, 7) is 5.43. The van der Waals surface area contributed by atoms with E-state index in [2.05, 4.69) is 29.4 Å². The summed E-state index contributed by atoms with van der Waals surface area (Å²) in [6, 6.07) is 15.4. The van der Waals surface area contributed by atoms with Gasteiger partial charge in [0.25, 0.3) is 0 Å². The molecule has 1 aromatic heterocycles. The molecule has 0 radical (unpaired) electrons. The van der Waals surface area contributed by atoms with Crippen molar-refractivity contribution < 1.29 is 14.3 Å². The minimum absolute atomic E-state index is 0.0818. The molecule has 1 aliphatic rings. The first kappa shape index (κ1) is 20.3. The molecule has 8 heteroatoms. The number of ether oxygens (including phenoxy) is 2. The second-order valence-electron chi connectivity index (χ2n) is 7.18. The van der Waals surface area contributed by atoms with E-state index in [9.17, 15) is 4.79 Å². The topological polar surface area (TPSA) is 78.3 Å². The lowest BCUT2D eigenvalue weighted by Crippen LogP contribution is -2.15. The smallest absolute Gasteiger partial charge is 0.234 e. The largest absolute Gasteiger partial charge is 0.490 e. The maximum absolute atomic E-state index is 12.3. The SMILES string of the molecule is CC(C)n1c(SCC(=O)Nc2ccccc2)nnc1-c1ccc2c(c1)OCCCO2. The average Bonchev–Trinajstić information content (AvgIpc) is 3.04. The molecule has 0 unspecified atom stereocenters. The Morgan fingerprint density at radius 2 is 1.87 bits per heavy atom. The molecule has 4 rings (SSSR count). The molecule has 156 valence electrons. The third kappa shape index (κ3) is 4.59. The van der Waals surface area contributed by atoms with Crippen molar-refractivity contribution in [2.24, 2.45) is 0 Å². The molecular formula is C22H24N4O3S. The first-order valence-electron chi connectivity index (χ1n) is 9.94. The second kappa shape index (κ2) is 9.21. The molecular weight excluding hydrogens is 400 g/mol. The minimum atomic E-state index is -0.0818. The predicted molar refractivity (Wildman–Crippen MR) is 117 cm³/mol. The van der Waals surface area contributed by atoms with Crippen LogP contribution in [0.4, 0.5) is 5.69 Å². The molecule has 0 saturated carbocycles. The van der Waals surface area contributed by atoms with Crippen molar-refractivity contribution >= 4 is 23.4 Å². The number of rotatable bonds is 6. The number of para-hydroxylation sites is 1. The molecule has 0 bridgehead atoms. The Labute approximate surface area is 179 Å². The van der Waals surface area contributed by atoms with Gasteiger partial charge < -0.3 is 14.8 Å². The van der Waals surface area contributed by atoms with Gasteiger partial charge in [-0.3, -0.25) is 9.36 Å². The van der Waals surface area contributed by atoms with Crippen LogP contribution in [0.3, 0.4) is 0 Å². The number of nitrogens with zero attached hydrogens (tertiary/aromatic N) is 3. The Morgan fingerprint density at radius 1 is 1.10 bits per heavy atom. The molecule has 0 fully saturated rings. The van der Waals surface area contributed by atoms with E-state index in [1.165, 1.54) is 11.8 Å². The van der Waals surface area contributed by atoms with Crippen LogP contribution >= 0.6 is 11.8 Å². The second-order valence-corrected chi connectivity index (χ2v) is 8.13. The lowest BCUT2D eigenvalue weighted by Gasteiger charge is -2.15. The zero-order chi connectivity index (χ0) is 20.9. The van der Waals surface area contributed by atoms with Gasteiger partial charge >= 0.3 is 0 Å². The van der Waals surface area contributed by atoms with Gasteiger partial charge in [0.1, 0.15) is 0 Å². The summed E-state index contributed by atoms with van der Waals surface area (Å²) >= 11 is 1.37. The third-order valence-corrected chi connectivity index (χ3v) is 5.52. The van der Waals surface area contributed by atoms with Gasteiger partial charge in [-0.25, -0.2) is 0 Å². The quantitative estimate of drug-likeness (QED) is 0.590. The normalized spacial score (nSPS) is 13.2. The van der Waals surface area contributed by atoms with E-state index in [1.54, 1.807) is 0 Å². The molecule has 0 spiro atoms. The van der Waals surface area contributed by atoms with Crippen molar-refractivity contribution in [3.63, 3.8) is 0 Å². The molecule has 0 saturated heterocycles. The van der Waals surface area contributed by atoms with Crippen LogP contribution in [-0.4, -0.2) is 39.6 Å². The zero-order valence-electron chi connectivity index (χ0n) is 17.0. The van der Waals surface area contributed by atoms with Gasteiger partial charge in [0, 0.05) is 23.7 Å². The predicted octanol–water partition coefficient (Wildman–Crippen LogP) is 4.42. The summed E-state index contributed by atoms with van der Waals surface area (Å²) in [5, 5.41) is 12.3.